The number of halogens is 2. The van der Waals surface area contributed by atoms with E-state index < -0.39 is 0 Å². The lowest BCUT2D eigenvalue weighted by Gasteiger charge is -2.20. The average molecular weight is 505 g/mol. The van der Waals surface area contributed by atoms with Gasteiger partial charge in [-0.1, -0.05) is 6.07 Å². The molecule has 0 radical (unpaired) electrons. The Hall–Kier alpha value is -2.60. The molecular formula is C22H23BrClN5O2. The Morgan fingerprint density at radius 3 is 2.77 bits per heavy atom. The van der Waals surface area contributed by atoms with Crippen LogP contribution in [0.15, 0.2) is 40.9 Å². The first kappa shape index (κ1) is 23.1. The number of methoxy groups -OCH3 is 1. The van der Waals surface area contributed by atoms with Crippen LogP contribution in [0.5, 0.6) is 5.75 Å². The molecule has 162 valence electrons. The van der Waals surface area contributed by atoms with Crippen LogP contribution in [0.3, 0.4) is 0 Å². The minimum absolute atomic E-state index is 0. The lowest BCUT2D eigenvalue weighted by Crippen LogP contribution is -2.22. The molecule has 2 N–H and O–H groups in total. The second-order valence-corrected chi connectivity index (χ2v) is 8.20. The van der Waals surface area contributed by atoms with Crippen molar-refractivity contribution >= 4 is 50.7 Å². The molecule has 9 heteroatoms. The van der Waals surface area contributed by atoms with Crippen molar-refractivity contribution in [1.82, 2.24) is 10.2 Å². The third-order valence-electron chi connectivity index (χ3n) is 5.41. The number of nitrogens with one attached hydrogen (secondary N) is 1. The number of nitrogens with zero attached hydrogens (tertiary/aromatic N) is 4. The fourth-order valence-electron chi connectivity index (χ4n) is 3.75. The number of aliphatic hydroxyl groups is 1. The van der Waals surface area contributed by atoms with Crippen LogP contribution in [0, 0.1) is 17.2 Å². The Morgan fingerprint density at radius 1 is 1.26 bits per heavy atom. The van der Waals surface area contributed by atoms with Crippen LogP contribution >= 0.6 is 28.3 Å². The maximum Gasteiger partial charge on any atom is 0.159 e. The largest absolute Gasteiger partial charge is 0.496 e. The number of nitriles is 1. The first-order valence-electron chi connectivity index (χ1n) is 9.75. The van der Waals surface area contributed by atoms with Gasteiger partial charge < -0.3 is 20.1 Å². The second-order valence-electron chi connectivity index (χ2n) is 7.35. The van der Waals surface area contributed by atoms with Crippen molar-refractivity contribution in [3.63, 3.8) is 0 Å². The summed E-state index contributed by atoms with van der Waals surface area (Å²) in [6.07, 6.45) is 0.933. The molecule has 0 spiro atoms. The highest BCUT2D eigenvalue weighted by molar-refractivity contribution is 9.10. The molecule has 7 nitrogen and oxygen atoms in total. The number of ether oxygens (including phenoxy) is 1. The molecule has 31 heavy (non-hydrogen) atoms. The van der Waals surface area contributed by atoms with Crippen molar-refractivity contribution in [2.24, 2.45) is 5.92 Å². The molecule has 4 rings (SSSR count). The molecule has 2 aromatic carbocycles. The number of benzene rings is 2. The summed E-state index contributed by atoms with van der Waals surface area (Å²) in [5.74, 6) is 2.46. The maximum absolute atomic E-state index is 9.47. The molecule has 1 saturated heterocycles. The van der Waals surface area contributed by atoms with Gasteiger partial charge in [0.15, 0.2) is 11.6 Å². The molecule has 1 aliphatic heterocycles. The molecule has 1 unspecified atom stereocenters. The van der Waals surface area contributed by atoms with Crippen LogP contribution in [0.25, 0.3) is 10.8 Å². The summed E-state index contributed by atoms with van der Waals surface area (Å²) in [5, 5.41) is 32.9. The van der Waals surface area contributed by atoms with Crippen LogP contribution in [-0.2, 0) is 6.54 Å². The summed E-state index contributed by atoms with van der Waals surface area (Å²) in [5.41, 5.74) is 1.63. The number of aromatic nitrogens is 2. The smallest absolute Gasteiger partial charge is 0.159 e. The van der Waals surface area contributed by atoms with E-state index in [2.05, 4.69) is 42.4 Å². The summed E-state index contributed by atoms with van der Waals surface area (Å²) >= 11 is 3.51. The number of fused-ring (bicyclic) bond motifs is 1. The topological polar surface area (TPSA) is 94.3 Å². The lowest BCUT2D eigenvalue weighted by molar-refractivity contribution is 0.238. The van der Waals surface area contributed by atoms with E-state index in [-0.39, 0.29) is 24.9 Å². The van der Waals surface area contributed by atoms with Gasteiger partial charge in [-0.2, -0.15) is 5.26 Å². The van der Waals surface area contributed by atoms with Gasteiger partial charge in [0.25, 0.3) is 0 Å². The normalized spacial score (nSPS) is 15.4. The maximum atomic E-state index is 9.47. The standard InChI is InChI=1S/C22H22BrN5O2.ClH/c1-30-20-5-3-15(9-19(20)23)11-25-21-18-8-14(10-24)2-4-17(18)22(27-26-21)28-7-6-16(12-28)13-29;/h2-5,8-9,16,29H,6-7,11-13H2,1H3,(H,25,26);1H. The number of aliphatic hydroxyl groups excluding tert-OH is 1. The van der Waals surface area contributed by atoms with E-state index in [0.717, 1.165) is 51.9 Å². The Kier molecular flexibility index (Phi) is 7.55. The van der Waals surface area contributed by atoms with Crippen LogP contribution < -0.4 is 15.0 Å². The van der Waals surface area contributed by atoms with Gasteiger partial charge in [0.05, 0.1) is 23.2 Å². The van der Waals surface area contributed by atoms with Gasteiger partial charge in [0, 0.05) is 42.9 Å². The summed E-state index contributed by atoms with van der Waals surface area (Å²) < 4.78 is 6.17. The molecule has 0 amide bonds. The van der Waals surface area contributed by atoms with Crippen LogP contribution in [-0.4, -0.2) is 42.1 Å². The van der Waals surface area contributed by atoms with E-state index in [4.69, 9.17) is 4.74 Å². The quantitative estimate of drug-likeness (QED) is 0.521. The van der Waals surface area contributed by atoms with E-state index in [1.54, 1.807) is 13.2 Å². The van der Waals surface area contributed by atoms with Gasteiger partial charge >= 0.3 is 0 Å². The zero-order valence-corrected chi connectivity index (χ0v) is 19.4. The number of rotatable bonds is 6. The third kappa shape index (κ3) is 4.85. The van der Waals surface area contributed by atoms with Crippen LogP contribution in [0.2, 0.25) is 0 Å². The molecule has 1 fully saturated rings. The number of anilines is 2. The summed E-state index contributed by atoms with van der Waals surface area (Å²) in [7, 11) is 1.64. The fourth-order valence-corrected chi connectivity index (χ4v) is 4.34. The molecule has 0 aliphatic carbocycles. The fraction of sp³-hybridized carbons (Fsp3) is 0.318. The Bertz CT molecular complexity index is 1120. The van der Waals surface area contributed by atoms with Crippen molar-refractivity contribution in [3.05, 3.63) is 52.0 Å². The zero-order chi connectivity index (χ0) is 21.1. The van der Waals surface area contributed by atoms with Crippen LogP contribution in [0.4, 0.5) is 11.6 Å². The van der Waals surface area contributed by atoms with E-state index in [9.17, 15) is 10.4 Å². The molecule has 0 saturated carbocycles. The van der Waals surface area contributed by atoms with E-state index in [1.165, 1.54) is 0 Å². The number of hydrogen-bond donors (Lipinski definition) is 2. The van der Waals surface area contributed by atoms with Crippen molar-refractivity contribution in [1.29, 1.82) is 5.26 Å². The van der Waals surface area contributed by atoms with Crippen molar-refractivity contribution in [3.8, 4) is 11.8 Å². The van der Waals surface area contributed by atoms with Gasteiger partial charge in [-0.05, 0) is 58.2 Å². The Balaban J connectivity index is 0.00000272. The van der Waals surface area contributed by atoms with E-state index >= 15 is 0 Å². The molecule has 2 heterocycles. The highest BCUT2D eigenvalue weighted by atomic mass is 79.9. The average Bonchev–Trinajstić information content (AvgIpc) is 3.26. The predicted molar refractivity (Wildman–Crippen MR) is 127 cm³/mol. The number of hydrogen-bond acceptors (Lipinski definition) is 7. The van der Waals surface area contributed by atoms with E-state index in [1.807, 2.05) is 30.3 Å². The summed E-state index contributed by atoms with van der Waals surface area (Å²) in [6, 6.07) is 13.7. The Morgan fingerprint density at radius 2 is 2.10 bits per heavy atom. The van der Waals surface area contributed by atoms with Crippen molar-refractivity contribution in [2.45, 2.75) is 13.0 Å². The highest BCUT2D eigenvalue weighted by Crippen LogP contribution is 2.33. The van der Waals surface area contributed by atoms with Gasteiger partial charge in [-0.25, -0.2) is 0 Å². The van der Waals surface area contributed by atoms with E-state index in [0.29, 0.717) is 17.9 Å². The molecule has 0 bridgehead atoms. The monoisotopic (exact) mass is 503 g/mol. The summed E-state index contributed by atoms with van der Waals surface area (Å²) in [4.78, 5) is 2.16. The van der Waals surface area contributed by atoms with Gasteiger partial charge in [0.1, 0.15) is 5.75 Å². The third-order valence-corrected chi connectivity index (χ3v) is 6.03. The Labute approximate surface area is 195 Å². The van der Waals surface area contributed by atoms with Gasteiger partial charge in [0.2, 0.25) is 0 Å². The van der Waals surface area contributed by atoms with Crippen molar-refractivity contribution < 1.29 is 9.84 Å². The predicted octanol–water partition coefficient (Wildman–Crippen LogP) is 4.13. The van der Waals surface area contributed by atoms with Gasteiger partial charge in [-0.15, -0.1) is 22.6 Å². The molecule has 1 atom stereocenters. The van der Waals surface area contributed by atoms with Gasteiger partial charge in [-0.3, -0.25) is 0 Å². The highest BCUT2D eigenvalue weighted by Gasteiger charge is 2.25. The first-order valence-corrected chi connectivity index (χ1v) is 10.5. The second kappa shape index (κ2) is 10.1. The van der Waals surface area contributed by atoms with Crippen LogP contribution in [0.1, 0.15) is 17.5 Å². The molecular weight excluding hydrogens is 482 g/mol. The zero-order valence-electron chi connectivity index (χ0n) is 17.0. The molecule has 1 aromatic heterocycles. The SMILES string of the molecule is COc1ccc(CNc2nnc(N3CCC(CO)C3)c3ccc(C#N)cc23)cc1Br.Cl. The lowest BCUT2D eigenvalue weighted by atomic mass is 10.1. The minimum Gasteiger partial charge on any atom is -0.496 e. The van der Waals surface area contributed by atoms with Crippen molar-refractivity contribution in [2.75, 3.05) is 37.0 Å². The molecule has 1 aliphatic rings. The first-order chi connectivity index (χ1) is 14.6. The minimum atomic E-state index is 0. The summed E-state index contributed by atoms with van der Waals surface area (Å²) in [6.45, 7) is 2.32. The molecule has 3 aromatic rings.